The van der Waals surface area contributed by atoms with Crippen LogP contribution < -0.4 is 14.4 Å². The topological polar surface area (TPSA) is 96.0 Å². The Balaban J connectivity index is 1.78. The molecule has 0 bridgehead atoms. The van der Waals surface area contributed by atoms with Gasteiger partial charge in [0.15, 0.2) is 0 Å². The maximum atomic E-state index is 14.6. The fourth-order valence-corrected chi connectivity index (χ4v) is 6.63. The number of rotatable bonds is 16. The predicted octanol–water partition coefficient (Wildman–Crippen LogP) is 6.80. The zero-order valence-corrected chi connectivity index (χ0v) is 28.6. The van der Waals surface area contributed by atoms with Crippen LogP contribution in [0.25, 0.3) is 0 Å². The quantitative estimate of drug-likeness (QED) is 0.132. The summed E-state index contributed by atoms with van der Waals surface area (Å²) in [7, 11) is -4.24. The molecule has 4 aromatic rings. The number of carbonyl (C=O) groups excluding carboxylic acids is 2. The van der Waals surface area contributed by atoms with Crippen LogP contribution >= 0.6 is 11.6 Å². The summed E-state index contributed by atoms with van der Waals surface area (Å²) >= 11 is 6.07. The molecule has 1 N–H and O–H groups in total. The lowest BCUT2D eigenvalue weighted by Crippen LogP contribution is -2.53. The van der Waals surface area contributed by atoms with Crippen LogP contribution in [0, 0.1) is 6.92 Å². The highest BCUT2D eigenvalue weighted by Gasteiger charge is 2.34. The Bertz CT molecular complexity index is 1700. The van der Waals surface area contributed by atoms with E-state index in [4.69, 9.17) is 16.3 Å². The van der Waals surface area contributed by atoms with Crippen molar-refractivity contribution < 1.29 is 22.7 Å². The van der Waals surface area contributed by atoms with E-state index >= 15 is 0 Å². The van der Waals surface area contributed by atoms with E-state index in [0.29, 0.717) is 23.9 Å². The van der Waals surface area contributed by atoms with Crippen molar-refractivity contribution in [2.75, 3.05) is 24.0 Å². The van der Waals surface area contributed by atoms with Gasteiger partial charge < -0.3 is 15.0 Å². The van der Waals surface area contributed by atoms with Gasteiger partial charge in [0.1, 0.15) is 18.3 Å². The van der Waals surface area contributed by atoms with Gasteiger partial charge in [0, 0.05) is 24.5 Å². The Morgan fingerprint density at radius 2 is 1.51 bits per heavy atom. The number of nitrogens with zero attached hydrogens (tertiary/aromatic N) is 2. The average Bonchev–Trinajstić information content (AvgIpc) is 3.07. The molecule has 0 unspecified atom stereocenters. The summed E-state index contributed by atoms with van der Waals surface area (Å²) in [5, 5.41) is 3.39. The number of ether oxygens (including phenoxy) is 1. The van der Waals surface area contributed by atoms with Gasteiger partial charge in [-0.15, -0.1) is 0 Å². The van der Waals surface area contributed by atoms with Gasteiger partial charge in [-0.25, -0.2) is 8.42 Å². The number of aryl methyl sites for hydroxylation is 1. The molecule has 0 aliphatic carbocycles. The Morgan fingerprint density at radius 3 is 2.13 bits per heavy atom. The Labute approximate surface area is 283 Å². The average molecular weight is 676 g/mol. The molecular weight excluding hydrogens is 634 g/mol. The first-order valence-electron chi connectivity index (χ1n) is 15.8. The van der Waals surface area contributed by atoms with E-state index in [2.05, 4.69) is 5.32 Å². The number of benzene rings is 4. The summed E-state index contributed by atoms with van der Waals surface area (Å²) in [6.45, 7) is 6.35. The van der Waals surface area contributed by atoms with Crippen LogP contribution in [0.15, 0.2) is 108 Å². The van der Waals surface area contributed by atoms with Crippen LogP contribution in [0.5, 0.6) is 5.75 Å². The predicted molar refractivity (Wildman–Crippen MR) is 187 cm³/mol. The highest BCUT2D eigenvalue weighted by molar-refractivity contribution is 7.92. The van der Waals surface area contributed by atoms with Gasteiger partial charge in [0.2, 0.25) is 11.8 Å². The molecule has 4 rings (SSSR count). The zero-order valence-electron chi connectivity index (χ0n) is 27.1. The van der Waals surface area contributed by atoms with Crippen LogP contribution in [-0.2, 0) is 32.6 Å². The third-order valence-electron chi connectivity index (χ3n) is 7.69. The first-order valence-corrected chi connectivity index (χ1v) is 17.6. The maximum Gasteiger partial charge on any atom is 0.264 e. The molecule has 0 saturated heterocycles. The molecular formula is C37H42ClN3O5S. The minimum Gasteiger partial charge on any atom is -0.494 e. The molecule has 2 amide bonds. The molecule has 0 radical (unpaired) electrons. The monoisotopic (exact) mass is 675 g/mol. The number of unbranched alkanes of at least 4 members (excludes halogenated alkanes) is 1. The molecule has 248 valence electrons. The molecule has 4 aromatic carbocycles. The van der Waals surface area contributed by atoms with E-state index in [1.165, 1.54) is 29.2 Å². The van der Waals surface area contributed by atoms with Gasteiger partial charge in [0.25, 0.3) is 10.0 Å². The molecule has 0 heterocycles. The minimum absolute atomic E-state index is 0.0215. The number of amides is 2. The van der Waals surface area contributed by atoms with Gasteiger partial charge in [-0.05, 0) is 79.9 Å². The largest absolute Gasteiger partial charge is 0.494 e. The summed E-state index contributed by atoms with van der Waals surface area (Å²) in [6, 6.07) is 28.7. The standard InChI is InChI=1S/C37H42ClN3O5S/c1-4-6-24-39-37(43)35(25-29-10-8-7-9-11-29)40(26-30-14-12-28(3)13-15-30)36(42)27-41(32-18-20-33(21-19-32)46-5-2)47(44,45)34-22-16-31(38)17-23-34/h7-23,35H,4-6,24-27H2,1-3H3,(H,39,43)/t35-/m1/s1. The molecule has 10 heteroatoms. The molecule has 1 atom stereocenters. The molecule has 47 heavy (non-hydrogen) atoms. The van der Waals surface area contributed by atoms with Crippen molar-refractivity contribution in [3.63, 3.8) is 0 Å². The van der Waals surface area contributed by atoms with Crippen molar-refractivity contribution in [3.05, 3.63) is 125 Å². The first-order chi connectivity index (χ1) is 22.6. The van der Waals surface area contributed by atoms with Gasteiger partial charge in [0.05, 0.1) is 17.2 Å². The second kappa shape index (κ2) is 17.0. The number of hydrogen-bond donors (Lipinski definition) is 1. The Morgan fingerprint density at radius 1 is 0.851 bits per heavy atom. The summed E-state index contributed by atoms with van der Waals surface area (Å²) in [4.78, 5) is 29.9. The van der Waals surface area contributed by atoms with Crippen LogP contribution in [0.3, 0.4) is 0 Å². The van der Waals surface area contributed by atoms with Crippen molar-refractivity contribution in [1.29, 1.82) is 0 Å². The van der Waals surface area contributed by atoms with E-state index in [9.17, 15) is 18.0 Å². The van der Waals surface area contributed by atoms with Crippen LogP contribution in [0.1, 0.15) is 43.4 Å². The fraction of sp³-hybridized carbons (Fsp3) is 0.297. The van der Waals surface area contributed by atoms with E-state index in [1.54, 1.807) is 24.3 Å². The Kier molecular flexibility index (Phi) is 12.8. The highest BCUT2D eigenvalue weighted by Crippen LogP contribution is 2.28. The lowest BCUT2D eigenvalue weighted by Gasteiger charge is -2.34. The van der Waals surface area contributed by atoms with Crippen molar-refractivity contribution in [2.24, 2.45) is 0 Å². The molecule has 0 saturated carbocycles. The van der Waals surface area contributed by atoms with Crippen molar-refractivity contribution >= 4 is 39.1 Å². The SMILES string of the molecule is CCCCNC(=O)[C@@H](Cc1ccccc1)N(Cc1ccc(C)cc1)C(=O)CN(c1ccc(OCC)cc1)S(=O)(=O)c1ccc(Cl)cc1. The van der Waals surface area contributed by atoms with Gasteiger partial charge >= 0.3 is 0 Å². The smallest absolute Gasteiger partial charge is 0.264 e. The number of sulfonamides is 1. The van der Waals surface area contributed by atoms with Gasteiger partial charge in [-0.3, -0.25) is 13.9 Å². The second-order valence-electron chi connectivity index (χ2n) is 11.2. The lowest BCUT2D eigenvalue weighted by molar-refractivity contribution is -0.140. The number of nitrogens with one attached hydrogen (secondary N) is 1. The second-order valence-corrected chi connectivity index (χ2v) is 13.5. The van der Waals surface area contributed by atoms with Gasteiger partial charge in [-0.2, -0.15) is 0 Å². The van der Waals surface area contributed by atoms with Crippen LogP contribution in [0.4, 0.5) is 5.69 Å². The van der Waals surface area contributed by atoms with E-state index in [-0.39, 0.29) is 29.5 Å². The maximum absolute atomic E-state index is 14.6. The van der Waals surface area contributed by atoms with Crippen molar-refractivity contribution in [3.8, 4) is 5.75 Å². The van der Waals surface area contributed by atoms with Gasteiger partial charge in [-0.1, -0.05) is 85.1 Å². The zero-order chi connectivity index (χ0) is 33.8. The minimum atomic E-state index is -4.24. The summed E-state index contributed by atoms with van der Waals surface area (Å²) in [5.74, 6) is -0.251. The normalized spacial score (nSPS) is 11.8. The lowest BCUT2D eigenvalue weighted by atomic mass is 10.0. The van der Waals surface area contributed by atoms with E-state index in [0.717, 1.165) is 33.8 Å². The highest BCUT2D eigenvalue weighted by atomic mass is 35.5. The molecule has 8 nitrogen and oxygen atoms in total. The number of carbonyl (C=O) groups is 2. The molecule has 0 fully saturated rings. The van der Waals surface area contributed by atoms with Crippen LogP contribution in [-0.4, -0.2) is 50.9 Å². The van der Waals surface area contributed by atoms with Crippen molar-refractivity contribution in [2.45, 2.75) is 57.5 Å². The van der Waals surface area contributed by atoms with E-state index < -0.39 is 28.5 Å². The summed E-state index contributed by atoms with van der Waals surface area (Å²) in [6.07, 6.45) is 1.94. The molecule has 0 aromatic heterocycles. The summed E-state index contributed by atoms with van der Waals surface area (Å²) < 4.78 is 35.0. The third kappa shape index (κ3) is 9.83. The molecule has 0 aliphatic heterocycles. The molecule has 0 spiro atoms. The van der Waals surface area contributed by atoms with Crippen molar-refractivity contribution in [1.82, 2.24) is 10.2 Å². The third-order valence-corrected chi connectivity index (χ3v) is 9.73. The van der Waals surface area contributed by atoms with Crippen LogP contribution in [0.2, 0.25) is 5.02 Å². The number of anilines is 1. The fourth-order valence-electron chi connectivity index (χ4n) is 5.09. The number of hydrogen-bond acceptors (Lipinski definition) is 5. The molecule has 0 aliphatic rings. The first kappa shape index (κ1) is 35.5. The Hall–Kier alpha value is -4.34. The summed E-state index contributed by atoms with van der Waals surface area (Å²) in [5.41, 5.74) is 3.03. The van der Waals surface area contributed by atoms with E-state index in [1.807, 2.05) is 75.4 Å². The number of halogens is 1.